The summed E-state index contributed by atoms with van der Waals surface area (Å²) in [6.07, 6.45) is 3.97. The van der Waals surface area contributed by atoms with Gasteiger partial charge in [0.25, 0.3) is 0 Å². The Morgan fingerprint density at radius 3 is 2.68 bits per heavy atom. The van der Waals surface area contributed by atoms with Crippen molar-refractivity contribution in [2.24, 2.45) is 0 Å². The Bertz CT molecular complexity index is 504. The van der Waals surface area contributed by atoms with Crippen LogP contribution >= 0.6 is 0 Å². The number of nitrogens with one attached hydrogen (secondary N) is 2. The molecule has 0 aliphatic carbocycles. The highest BCUT2D eigenvalue weighted by Crippen LogP contribution is 2.13. The number of benzene rings is 1. The number of hydrogen-bond donors (Lipinski definition) is 2. The smallest absolute Gasteiger partial charge is 0.123 e. The maximum absolute atomic E-state index is 12.8. The molecule has 0 bridgehead atoms. The summed E-state index contributed by atoms with van der Waals surface area (Å²) in [5.74, 6) is -0.189. The Labute approximate surface area is 113 Å². The van der Waals surface area contributed by atoms with Crippen molar-refractivity contribution in [3.8, 4) is 0 Å². The van der Waals surface area contributed by atoms with E-state index in [0.29, 0.717) is 0 Å². The van der Waals surface area contributed by atoms with E-state index in [4.69, 9.17) is 0 Å². The van der Waals surface area contributed by atoms with Gasteiger partial charge in [0.15, 0.2) is 0 Å². The highest BCUT2D eigenvalue weighted by molar-refractivity contribution is 5.19. The van der Waals surface area contributed by atoms with Gasteiger partial charge in [-0.3, -0.25) is 5.10 Å². The average molecular weight is 261 g/mol. The second-order valence-corrected chi connectivity index (χ2v) is 4.85. The molecule has 2 aromatic rings. The summed E-state index contributed by atoms with van der Waals surface area (Å²) in [5.41, 5.74) is 3.53. The van der Waals surface area contributed by atoms with Crippen molar-refractivity contribution in [1.29, 1.82) is 0 Å². The molecule has 3 nitrogen and oxygen atoms in total. The molecule has 1 unspecified atom stereocenters. The van der Waals surface area contributed by atoms with Crippen LogP contribution in [0.5, 0.6) is 0 Å². The molecule has 1 aromatic heterocycles. The number of halogens is 1. The van der Waals surface area contributed by atoms with Gasteiger partial charge in [-0.05, 0) is 56.5 Å². The molecule has 0 saturated heterocycles. The Morgan fingerprint density at radius 1 is 1.32 bits per heavy atom. The fourth-order valence-corrected chi connectivity index (χ4v) is 2.09. The van der Waals surface area contributed by atoms with E-state index in [0.717, 1.165) is 30.6 Å². The third kappa shape index (κ3) is 3.89. The van der Waals surface area contributed by atoms with Gasteiger partial charge in [-0.25, -0.2) is 4.39 Å². The van der Waals surface area contributed by atoms with Gasteiger partial charge in [0.2, 0.25) is 0 Å². The number of hydrogen-bond acceptors (Lipinski definition) is 2. The molecule has 102 valence electrons. The zero-order valence-electron chi connectivity index (χ0n) is 11.4. The van der Waals surface area contributed by atoms with Crippen molar-refractivity contribution in [2.45, 2.75) is 32.7 Å². The number of H-pyrrole nitrogens is 1. The van der Waals surface area contributed by atoms with Crippen LogP contribution in [0.4, 0.5) is 4.39 Å². The van der Waals surface area contributed by atoms with Crippen molar-refractivity contribution in [1.82, 2.24) is 15.5 Å². The zero-order chi connectivity index (χ0) is 13.7. The number of aromatic amines is 1. The second-order valence-electron chi connectivity index (χ2n) is 4.85. The van der Waals surface area contributed by atoms with Gasteiger partial charge in [0, 0.05) is 11.7 Å². The predicted molar refractivity (Wildman–Crippen MR) is 74.5 cm³/mol. The van der Waals surface area contributed by atoms with Crippen molar-refractivity contribution < 1.29 is 4.39 Å². The molecule has 0 aliphatic rings. The van der Waals surface area contributed by atoms with Crippen LogP contribution in [0, 0.1) is 12.7 Å². The lowest BCUT2D eigenvalue weighted by molar-refractivity contribution is 0.556. The van der Waals surface area contributed by atoms with Gasteiger partial charge in [-0.15, -0.1) is 0 Å². The molecule has 0 aliphatic heterocycles. The Balaban J connectivity index is 1.73. The van der Waals surface area contributed by atoms with E-state index in [1.165, 1.54) is 17.7 Å². The van der Waals surface area contributed by atoms with Crippen LogP contribution in [0.2, 0.25) is 0 Å². The van der Waals surface area contributed by atoms with E-state index in [1.54, 1.807) is 0 Å². The summed E-state index contributed by atoms with van der Waals surface area (Å²) >= 11 is 0. The average Bonchev–Trinajstić information content (AvgIpc) is 2.81. The largest absolute Gasteiger partial charge is 0.310 e. The standard InChI is InChI=1S/C15H20FN3/c1-11(13-5-7-15(16)8-6-13)17-9-3-4-14-10-18-19-12(14)2/h5-8,10-11,17H,3-4,9H2,1-2H3,(H,18,19). The molecule has 2 rings (SSSR count). The van der Waals surface area contributed by atoms with Crippen LogP contribution in [0.25, 0.3) is 0 Å². The van der Waals surface area contributed by atoms with E-state index in [9.17, 15) is 4.39 Å². The summed E-state index contributed by atoms with van der Waals surface area (Å²) < 4.78 is 12.8. The zero-order valence-corrected chi connectivity index (χ0v) is 11.4. The minimum Gasteiger partial charge on any atom is -0.310 e. The molecule has 1 aromatic carbocycles. The first kappa shape index (κ1) is 13.7. The van der Waals surface area contributed by atoms with Crippen molar-refractivity contribution in [3.63, 3.8) is 0 Å². The van der Waals surface area contributed by atoms with E-state index < -0.39 is 0 Å². The first-order valence-electron chi connectivity index (χ1n) is 6.64. The number of aryl methyl sites for hydroxylation is 2. The molecule has 0 radical (unpaired) electrons. The lowest BCUT2D eigenvalue weighted by atomic mass is 10.1. The molecular formula is C15H20FN3. The minimum absolute atomic E-state index is 0.189. The quantitative estimate of drug-likeness (QED) is 0.784. The van der Waals surface area contributed by atoms with Crippen molar-refractivity contribution in [3.05, 3.63) is 53.1 Å². The number of nitrogens with zero attached hydrogens (tertiary/aromatic N) is 1. The van der Waals surface area contributed by atoms with E-state index in [-0.39, 0.29) is 11.9 Å². The topological polar surface area (TPSA) is 40.7 Å². The molecule has 0 fully saturated rings. The fraction of sp³-hybridized carbons (Fsp3) is 0.400. The molecule has 1 heterocycles. The lowest BCUT2D eigenvalue weighted by Crippen LogP contribution is -2.20. The summed E-state index contributed by atoms with van der Waals surface area (Å²) in [5, 5.41) is 10.4. The Kier molecular flexibility index (Phi) is 4.68. The molecule has 0 spiro atoms. The van der Waals surface area contributed by atoms with Crippen molar-refractivity contribution >= 4 is 0 Å². The first-order chi connectivity index (χ1) is 9.16. The maximum Gasteiger partial charge on any atom is 0.123 e. The monoisotopic (exact) mass is 261 g/mol. The van der Waals surface area contributed by atoms with Gasteiger partial charge in [0.1, 0.15) is 5.82 Å². The summed E-state index contributed by atoms with van der Waals surface area (Å²) in [7, 11) is 0. The van der Waals surface area contributed by atoms with Gasteiger partial charge in [-0.2, -0.15) is 5.10 Å². The van der Waals surface area contributed by atoms with Crippen LogP contribution in [0.1, 0.15) is 36.2 Å². The van der Waals surface area contributed by atoms with E-state index in [2.05, 4.69) is 22.4 Å². The lowest BCUT2D eigenvalue weighted by Gasteiger charge is -2.14. The van der Waals surface area contributed by atoms with Crippen LogP contribution in [-0.4, -0.2) is 16.7 Å². The fourth-order valence-electron chi connectivity index (χ4n) is 2.09. The van der Waals surface area contributed by atoms with Crippen molar-refractivity contribution in [2.75, 3.05) is 6.54 Å². The Hall–Kier alpha value is -1.68. The molecule has 4 heteroatoms. The van der Waals surface area contributed by atoms with E-state index in [1.807, 2.05) is 25.3 Å². The normalized spacial score (nSPS) is 12.6. The summed E-state index contributed by atoms with van der Waals surface area (Å²) in [6.45, 7) is 5.07. The molecular weight excluding hydrogens is 241 g/mol. The predicted octanol–water partition coefficient (Wildman–Crippen LogP) is 3.14. The van der Waals surface area contributed by atoms with Crippen LogP contribution < -0.4 is 5.32 Å². The number of aromatic nitrogens is 2. The minimum atomic E-state index is -0.189. The molecule has 19 heavy (non-hydrogen) atoms. The van der Waals surface area contributed by atoms with Gasteiger partial charge >= 0.3 is 0 Å². The highest BCUT2D eigenvalue weighted by Gasteiger charge is 2.05. The van der Waals surface area contributed by atoms with Crippen LogP contribution in [0.3, 0.4) is 0 Å². The van der Waals surface area contributed by atoms with Gasteiger partial charge in [-0.1, -0.05) is 12.1 Å². The Morgan fingerprint density at radius 2 is 2.05 bits per heavy atom. The van der Waals surface area contributed by atoms with E-state index >= 15 is 0 Å². The SMILES string of the molecule is Cc1[nH]ncc1CCCNC(C)c1ccc(F)cc1. The second kappa shape index (κ2) is 6.48. The number of rotatable bonds is 6. The first-order valence-corrected chi connectivity index (χ1v) is 6.64. The molecule has 0 saturated carbocycles. The molecule has 0 amide bonds. The van der Waals surface area contributed by atoms with Crippen LogP contribution in [0.15, 0.2) is 30.5 Å². The van der Waals surface area contributed by atoms with Crippen LogP contribution in [-0.2, 0) is 6.42 Å². The summed E-state index contributed by atoms with van der Waals surface area (Å²) in [4.78, 5) is 0. The van der Waals surface area contributed by atoms with Gasteiger partial charge in [0.05, 0.1) is 6.20 Å². The molecule has 2 N–H and O–H groups in total. The van der Waals surface area contributed by atoms with Gasteiger partial charge < -0.3 is 5.32 Å². The molecule has 1 atom stereocenters. The maximum atomic E-state index is 12.8. The summed E-state index contributed by atoms with van der Waals surface area (Å²) in [6, 6.07) is 6.90. The third-order valence-corrected chi connectivity index (χ3v) is 3.38. The highest BCUT2D eigenvalue weighted by atomic mass is 19.1. The third-order valence-electron chi connectivity index (χ3n) is 3.38.